The van der Waals surface area contributed by atoms with Crippen LogP contribution in [0.15, 0.2) is 40.8 Å². The standard InChI is InChI=1S/C20H17ClF3N5O2/c1-10(2)30-16-4-3-13(8-14(16)20(22,23)24)25-9-12-7-17-11(5-15(12)21)6-18(31-17)19-26-28-29-27-19/h3-8,10,25H,9H2,1-2H3,(H,26,27,28,29). The lowest BCUT2D eigenvalue weighted by Gasteiger charge is -2.18. The van der Waals surface area contributed by atoms with Crippen molar-refractivity contribution < 1.29 is 22.3 Å². The maximum Gasteiger partial charge on any atom is 0.420 e. The highest BCUT2D eigenvalue weighted by Crippen LogP contribution is 2.38. The van der Waals surface area contributed by atoms with Gasteiger partial charge in [-0.2, -0.15) is 13.2 Å². The number of tetrazole rings is 1. The summed E-state index contributed by atoms with van der Waals surface area (Å²) in [4.78, 5) is 0. The van der Waals surface area contributed by atoms with Gasteiger partial charge in [0.15, 0.2) is 5.76 Å². The van der Waals surface area contributed by atoms with Gasteiger partial charge in [-0.15, -0.1) is 5.10 Å². The second-order valence-corrected chi connectivity index (χ2v) is 7.48. The number of anilines is 1. The van der Waals surface area contributed by atoms with Crippen LogP contribution in [0.5, 0.6) is 5.75 Å². The molecule has 4 aromatic rings. The summed E-state index contributed by atoms with van der Waals surface area (Å²) in [7, 11) is 0. The number of H-pyrrole nitrogens is 1. The molecule has 0 atom stereocenters. The Labute approximate surface area is 179 Å². The van der Waals surface area contributed by atoms with E-state index in [1.165, 1.54) is 12.1 Å². The number of fused-ring (bicyclic) bond motifs is 1. The van der Waals surface area contributed by atoms with Gasteiger partial charge >= 0.3 is 6.18 Å². The number of aromatic amines is 1. The molecule has 7 nitrogen and oxygen atoms in total. The molecule has 2 heterocycles. The Hall–Kier alpha value is -3.27. The smallest absolute Gasteiger partial charge is 0.420 e. The lowest BCUT2D eigenvalue weighted by Crippen LogP contribution is -2.13. The van der Waals surface area contributed by atoms with E-state index < -0.39 is 11.7 Å². The number of aromatic nitrogens is 4. The van der Waals surface area contributed by atoms with Crippen molar-refractivity contribution in [2.75, 3.05) is 5.32 Å². The van der Waals surface area contributed by atoms with Gasteiger partial charge in [-0.25, -0.2) is 5.10 Å². The molecule has 0 bridgehead atoms. The van der Waals surface area contributed by atoms with E-state index in [9.17, 15) is 13.2 Å². The van der Waals surface area contributed by atoms with Crippen molar-refractivity contribution in [3.8, 4) is 17.3 Å². The van der Waals surface area contributed by atoms with Crippen LogP contribution < -0.4 is 10.1 Å². The summed E-state index contributed by atoms with van der Waals surface area (Å²) in [5.74, 6) is 0.602. The lowest BCUT2D eigenvalue weighted by molar-refractivity contribution is -0.139. The van der Waals surface area contributed by atoms with E-state index in [2.05, 4.69) is 25.9 Å². The monoisotopic (exact) mass is 451 g/mol. The molecule has 0 aliphatic rings. The normalized spacial score (nSPS) is 12.0. The van der Waals surface area contributed by atoms with Crippen LogP contribution in [-0.4, -0.2) is 26.7 Å². The van der Waals surface area contributed by atoms with E-state index in [0.29, 0.717) is 27.8 Å². The molecule has 2 aromatic heterocycles. The Bertz CT molecular complexity index is 1210. The Morgan fingerprint density at radius 3 is 2.68 bits per heavy atom. The minimum Gasteiger partial charge on any atom is -0.490 e. The zero-order valence-electron chi connectivity index (χ0n) is 16.4. The fourth-order valence-electron chi connectivity index (χ4n) is 3.03. The first-order valence-electron chi connectivity index (χ1n) is 9.28. The van der Waals surface area contributed by atoms with Crippen molar-refractivity contribution in [3.05, 3.63) is 52.5 Å². The Kier molecular flexibility index (Phi) is 5.48. The highest BCUT2D eigenvalue weighted by atomic mass is 35.5. The summed E-state index contributed by atoms with van der Waals surface area (Å²) in [6.07, 6.45) is -4.92. The molecule has 0 unspecified atom stereocenters. The molecule has 0 spiro atoms. The van der Waals surface area contributed by atoms with Crippen LogP contribution in [0.4, 0.5) is 18.9 Å². The topological polar surface area (TPSA) is 88.9 Å². The molecule has 0 aliphatic carbocycles. The SMILES string of the molecule is CC(C)Oc1ccc(NCc2cc3oc(-c4nnn[nH]4)cc3cc2Cl)cc1C(F)(F)F. The van der Waals surface area contributed by atoms with Gasteiger partial charge in [0.1, 0.15) is 11.3 Å². The predicted molar refractivity (Wildman–Crippen MR) is 109 cm³/mol. The third-order valence-corrected chi connectivity index (χ3v) is 4.75. The number of hydrogen-bond acceptors (Lipinski definition) is 6. The average molecular weight is 452 g/mol. The van der Waals surface area contributed by atoms with Gasteiger partial charge in [0.05, 0.1) is 11.7 Å². The third-order valence-electron chi connectivity index (χ3n) is 4.39. The van der Waals surface area contributed by atoms with Crippen molar-refractivity contribution in [2.24, 2.45) is 0 Å². The summed E-state index contributed by atoms with van der Waals surface area (Å²) in [6, 6.07) is 9.03. The Morgan fingerprint density at radius 2 is 2.00 bits per heavy atom. The third kappa shape index (κ3) is 4.58. The van der Waals surface area contributed by atoms with Gasteiger partial charge in [-0.1, -0.05) is 11.6 Å². The van der Waals surface area contributed by atoms with Crippen molar-refractivity contribution in [1.29, 1.82) is 0 Å². The first-order chi connectivity index (χ1) is 14.7. The van der Waals surface area contributed by atoms with Gasteiger partial charge in [-0.3, -0.25) is 0 Å². The Morgan fingerprint density at radius 1 is 1.19 bits per heavy atom. The molecule has 0 aliphatic heterocycles. The molecule has 0 saturated carbocycles. The van der Waals surface area contributed by atoms with Crippen molar-refractivity contribution in [2.45, 2.75) is 32.7 Å². The van der Waals surface area contributed by atoms with Crippen LogP contribution in [0.3, 0.4) is 0 Å². The molecular weight excluding hydrogens is 435 g/mol. The van der Waals surface area contributed by atoms with E-state index >= 15 is 0 Å². The maximum atomic E-state index is 13.4. The molecule has 0 radical (unpaired) electrons. The largest absolute Gasteiger partial charge is 0.490 e. The average Bonchev–Trinajstić information content (AvgIpc) is 3.35. The Balaban J connectivity index is 1.58. The van der Waals surface area contributed by atoms with Crippen molar-refractivity contribution in [3.63, 3.8) is 0 Å². The molecule has 4 rings (SSSR count). The number of hydrogen-bond donors (Lipinski definition) is 2. The van der Waals surface area contributed by atoms with Crippen LogP contribution in [-0.2, 0) is 12.7 Å². The molecule has 0 fully saturated rings. The molecule has 2 N–H and O–H groups in total. The number of nitrogens with zero attached hydrogens (tertiary/aromatic N) is 3. The lowest BCUT2D eigenvalue weighted by atomic mass is 10.1. The molecule has 31 heavy (non-hydrogen) atoms. The molecule has 11 heteroatoms. The minimum absolute atomic E-state index is 0.191. The van der Waals surface area contributed by atoms with Crippen LogP contribution in [0.25, 0.3) is 22.6 Å². The van der Waals surface area contributed by atoms with E-state index in [4.69, 9.17) is 20.8 Å². The fourth-order valence-corrected chi connectivity index (χ4v) is 3.27. The number of rotatable bonds is 6. The van der Waals surface area contributed by atoms with E-state index in [-0.39, 0.29) is 24.1 Å². The van der Waals surface area contributed by atoms with Gasteiger partial charge in [0, 0.05) is 22.6 Å². The van der Waals surface area contributed by atoms with E-state index in [1.807, 2.05) is 0 Å². The van der Waals surface area contributed by atoms with Gasteiger partial charge in [-0.05, 0) is 66.2 Å². The molecule has 0 saturated heterocycles. The van der Waals surface area contributed by atoms with Gasteiger partial charge < -0.3 is 14.5 Å². The highest BCUT2D eigenvalue weighted by Gasteiger charge is 2.35. The number of benzene rings is 2. The number of furan rings is 1. The highest BCUT2D eigenvalue weighted by molar-refractivity contribution is 6.32. The zero-order valence-corrected chi connectivity index (χ0v) is 17.2. The molecule has 162 valence electrons. The molecular formula is C20H17ClF3N5O2. The zero-order chi connectivity index (χ0) is 22.2. The number of ether oxygens (including phenoxy) is 1. The minimum atomic E-state index is -4.54. The summed E-state index contributed by atoms with van der Waals surface area (Å²) in [5.41, 5.74) is 0.641. The molecule has 2 aromatic carbocycles. The van der Waals surface area contributed by atoms with Crippen LogP contribution in [0.1, 0.15) is 25.0 Å². The number of halogens is 4. The van der Waals surface area contributed by atoms with Crippen LogP contribution in [0, 0.1) is 0 Å². The van der Waals surface area contributed by atoms with E-state index in [0.717, 1.165) is 11.5 Å². The van der Waals surface area contributed by atoms with Crippen LogP contribution in [0.2, 0.25) is 5.02 Å². The van der Waals surface area contributed by atoms with Crippen molar-refractivity contribution >= 4 is 28.3 Å². The number of nitrogens with one attached hydrogen (secondary N) is 2. The fraction of sp³-hybridized carbons (Fsp3) is 0.250. The van der Waals surface area contributed by atoms with Crippen LogP contribution >= 0.6 is 11.6 Å². The predicted octanol–water partition coefficient (Wildman–Crippen LogP) is 5.68. The summed E-state index contributed by atoms with van der Waals surface area (Å²) < 4.78 is 51.4. The second kappa shape index (κ2) is 8.10. The quantitative estimate of drug-likeness (QED) is 0.392. The van der Waals surface area contributed by atoms with Gasteiger partial charge in [0.25, 0.3) is 0 Å². The van der Waals surface area contributed by atoms with Crippen molar-refractivity contribution in [1.82, 2.24) is 20.6 Å². The van der Waals surface area contributed by atoms with E-state index in [1.54, 1.807) is 32.0 Å². The summed E-state index contributed by atoms with van der Waals surface area (Å²) in [6.45, 7) is 3.53. The summed E-state index contributed by atoms with van der Waals surface area (Å²) >= 11 is 6.36. The first-order valence-corrected chi connectivity index (χ1v) is 9.66. The summed E-state index contributed by atoms with van der Waals surface area (Å²) in [5, 5.41) is 17.6. The first kappa shape index (κ1) is 21.0. The molecule has 0 amide bonds. The number of alkyl halides is 3. The second-order valence-electron chi connectivity index (χ2n) is 7.07. The maximum absolute atomic E-state index is 13.4. The van der Waals surface area contributed by atoms with Gasteiger partial charge in [0.2, 0.25) is 5.82 Å².